The molecule has 0 unspecified atom stereocenters. The van der Waals surface area contributed by atoms with Crippen molar-refractivity contribution in [2.75, 3.05) is 0 Å². The zero-order chi connectivity index (χ0) is 11.8. The second-order valence-corrected chi connectivity index (χ2v) is 4.22. The van der Waals surface area contributed by atoms with Crippen LogP contribution in [-0.4, -0.2) is 20.2 Å². The van der Waals surface area contributed by atoms with Crippen LogP contribution in [0.4, 0.5) is 0 Å². The summed E-state index contributed by atoms with van der Waals surface area (Å²) in [6.45, 7) is 1.97. The maximum atomic E-state index is 5.12. The highest BCUT2D eigenvalue weighted by Crippen LogP contribution is 2.26. The number of fused-ring (bicyclic) bond motifs is 1. The molecule has 0 saturated heterocycles. The minimum absolute atomic E-state index is 0.447. The summed E-state index contributed by atoms with van der Waals surface area (Å²) >= 11 is 5.12. The van der Waals surface area contributed by atoms with E-state index in [-0.39, 0.29) is 0 Å². The number of benzene rings is 1. The Bertz CT molecular complexity index is 727. The monoisotopic (exact) mass is 242 g/mol. The lowest BCUT2D eigenvalue weighted by Gasteiger charge is -2.02. The summed E-state index contributed by atoms with van der Waals surface area (Å²) in [5, 5.41) is 8.11. The van der Waals surface area contributed by atoms with Crippen LogP contribution in [-0.2, 0) is 0 Å². The Morgan fingerprint density at radius 3 is 2.71 bits per heavy atom. The number of nitrogens with zero attached hydrogens (tertiary/aromatic N) is 2. The largest absolute Gasteiger partial charge is 0.313 e. The molecule has 0 atom stereocenters. The van der Waals surface area contributed by atoms with Crippen molar-refractivity contribution < 1.29 is 0 Å². The van der Waals surface area contributed by atoms with Crippen LogP contribution >= 0.6 is 12.2 Å². The normalized spacial score (nSPS) is 10.9. The molecule has 3 aromatic rings. The van der Waals surface area contributed by atoms with Gasteiger partial charge in [0, 0.05) is 11.3 Å². The van der Waals surface area contributed by atoms with Crippen LogP contribution in [0.3, 0.4) is 0 Å². The molecule has 0 amide bonds. The summed E-state index contributed by atoms with van der Waals surface area (Å²) in [6, 6.07) is 9.98. The molecule has 0 spiro atoms. The minimum atomic E-state index is 0.447. The third-order valence-electron chi connectivity index (χ3n) is 2.67. The van der Waals surface area contributed by atoms with Gasteiger partial charge in [-0.15, -0.1) is 0 Å². The number of nitrogens with one attached hydrogen (secondary N) is 2. The summed E-state index contributed by atoms with van der Waals surface area (Å²) in [6.07, 6.45) is 0. The molecule has 4 nitrogen and oxygen atoms in total. The second kappa shape index (κ2) is 3.78. The standard InChI is InChI=1S/C12H10N4S/c1-7-9-10(8-5-3-2-4-6-8)13-12(17)14-11(9)16-15-7/h2-6H,1H3,(H2,13,14,15,16,17). The van der Waals surface area contributed by atoms with Gasteiger partial charge in [0.25, 0.3) is 0 Å². The lowest BCUT2D eigenvalue weighted by Crippen LogP contribution is -1.90. The quantitative estimate of drug-likeness (QED) is 0.645. The van der Waals surface area contributed by atoms with E-state index in [1.54, 1.807) is 0 Å². The molecule has 0 aliphatic rings. The van der Waals surface area contributed by atoms with Crippen LogP contribution in [0.2, 0.25) is 0 Å². The molecule has 0 bridgehead atoms. The Morgan fingerprint density at radius 2 is 1.94 bits per heavy atom. The van der Waals surface area contributed by atoms with E-state index in [1.807, 2.05) is 37.3 Å². The van der Waals surface area contributed by atoms with Crippen LogP contribution in [0.1, 0.15) is 5.69 Å². The van der Waals surface area contributed by atoms with Crippen molar-refractivity contribution in [2.45, 2.75) is 6.92 Å². The summed E-state index contributed by atoms with van der Waals surface area (Å²) in [5.41, 5.74) is 3.65. The molecule has 0 radical (unpaired) electrons. The number of H-pyrrole nitrogens is 2. The van der Waals surface area contributed by atoms with Crippen molar-refractivity contribution in [3.63, 3.8) is 0 Å². The topological polar surface area (TPSA) is 57.4 Å². The molecule has 0 aliphatic carbocycles. The van der Waals surface area contributed by atoms with E-state index in [4.69, 9.17) is 12.2 Å². The van der Waals surface area contributed by atoms with Gasteiger partial charge >= 0.3 is 0 Å². The summed E-state index contributed by atoms with van der Waals surface area (Å²) in [7, 11) is 0. The van der Waals surface area contributed by atoms with E-state index >= 15 is 0 Å². The first kappa shape index (κ1) is 10.2. The summed E-state index contributed by atoms with van der Waals surface area (Å²) in [4.78, 5) is 7.39. The maximum absolute atomic E-state index is 5.12. The fourth-order valence-electron chi connectivity index (χ4n) is 1.90. The van der Waals surface area contributed by atoms with E-state index < -0.39 is 0 Å². The molecule has 2 heterocycles. The molecule has 17 heavy (non-hydrogen) atoms. The molecule has 3 rings (SSSR count). The smallest absolute Gasteiger partial charge is 0.199 e. The predicted octanol–water partition coefficient (Wildman–Crippen LogP) is 2.99. The molecular formula is C12H10N4S. The fraction of sp³-hybridized carbons (Fsp3) is 0.0833. The van der Waals surface area contributed by atoms with Crippen molar-refractivity contribution >= 4 is 23.3 Å². The Morgan fingerprint density at radius 1 is 1.18 bits per heavy atom. The number of hydrogen-bond acceptors (Lipinski definition) is 3. The molecular weight excluding hydrogens is 232 g/mol. The Kier molecular flexibility index (Phi) is 2.26. The third-order valence-corrected chi connectivity index (χ3v) is 2.86. The molecule has 0 aliphatic heterocycles. The minimum Gasteiger partial charge on any atom is -0.313 e. The zero-order valence-corrected chi connectivity index (χ0v) is 10.0. The Labute approximate surface area is 103 Å². The summed E-state index contributed by atoms with van der Waals surface area (Å²) in [5.74, 6) is 0. The molecule has 2 aromatic heterocycles. The first-order chi connectivity index (χ1) is 8.25. The van der Waals surface area contributed by atoms with Crippen LogP contribution in [0.25, 0.3) is 22.3 Å². The van der Waals surface area contributed by atoms with E-state index in [9.17, 15) is 0 Å². The SMILES string of the molecule is Cc1[nH]nc2[nH]c(=S)nc(-c3ccccc3)c12. The average Bonchev–Trinajstić information content (AvgIpc) is 2.71. The molecule has 0 fully saturated rings. The van der Waals surface area contributed by atoms with Gasteiger partial charge < -0.3 is 4.98 Å². The highest BCUT2D eigenvalue weighted by molar-refractivity contribution is 7.71. The van der Waals surface area contributed by atoms with Gasteiger partial charge in [0.2, 0.25) is 0 Å². The van der Waals surface area contributed by atoms with E-state index in [1.165, 1.54) is 0 Å². The first-order valence-electron chi connectivity index (χ1n) is 5.26. The average molecular weight is 242 g/mol. The number of hydrogen-bond donors (Lipinski definition) is 2. The van der Waals surface area contributed by atoms with Crippen molar-refractivity contribution in [3.8, 4) is 11.3 Å². The van der Waals surface area contributed by atoms with E-state index in [0.29, 0.717) is 4.77 Å². The van der Waals surface area contributed by atoms with Gasteiger partial charge in [0.05, 0.1) is 11.1 Å². The van der Waals surface area contributed by atoms with Gasteiger partial charge in [0.1, 0.15) is 0 Å². The maximum Gasteiger partial charge on any atom is 0.199 e. The number of aryl methyl sites for hydroxylation is 1. The van der Waals surface area contributed by atoms with Crippen molar-refractivity contribution in [1.82, 2.24) is 20.2 Å². The third kappa shape index (κ3) is 1.64. The van der Waals surface area contributed by atoms with Crippen molar-refractivity contribution in [3.05, 3.63) is 40.8 Å². The predicted molar refractivity (Wildman–Crippen MR) is 69.2 cm³/mol. The highest BCUT2D eigenvalue weighted by atomic mass is 32.1. The molecule has 0 saturated carbocycles. The van der Waals surface area contributed by atoms with Crippen LogP contribution < -0.4 is 0 Å². The molecule has 1 aromatic carbocycles. The van der Waals surface area contributed by atoms with Crippen LogP contribution in [0.15, 0.2) is 30.3 Å². The van der Waals surface area contributed by atoms with Gasteiger partial charge in [-0.05, 0) is 19.1 Å². The van der Waals surface area contributed by atoms with Gasteiger partial charge in [-0.2, -0.15) is 5.10 Å². The van der Waals surface area contributed by atoms with Gasteiger partial charge in [0.15, 0.2) is 10.4 Å². The van der Waals surface area contributed by atoms with E-state index in [0.717, 1.165) is 28.0 Å². The molecule has 84 valence electrons. The fourth-order valence-corrected chi connectivity index (χ4v) is 2.09. The van der Waals surface area contributed by atoms with Gasteiger partial charge in [-0.3, -0.25) is 5.10 Å². The number of aromatic amines is 2. The molecule has 5 heteroatoms. The Balaban J connectivity index is 2.43. The lowest BCUT2D eigenvalue weighted by molar-refractivity contribution is 1.05. The lowest BCUT2D eigenvalue weighted by atomic mass is 10.1. The first-order valence-corrected chi connectivity index (χ1v) is 5.67. The van der Waals surface area contributed by atoms with Crippen molar-refractivity contribution in [1.29, 1.82) is 0 Å². The molecule has 2 N–H and O–H groups in total. The second-order valence-electron chi connectivity index (χ2n) is 3.83. The van der Waals surface area contributed by atoms with Crippen molar-refractivity contribution in [2.24, 2.45) is 0 Å². The van der Waals surface area contributed by atoms with Gasteiger partial charge in [-0.1, -0.05) is 30.3 Å². The number of rotatable bonds is 1. The Hall–Kier alpha value is -2.01. The van der Waals surface area contributed by atoms with Crippen LogP contribution in [0.5, 0.6) is 0 Å². The van der Waals surface area contributed by atoms with E-state index in [2.05, 4.69) is 20.2 Å². The highest BCUT2D eigenvalue weighted by Gasteiger charge is 2.10. The van der Waals surface area contributed by atoms with Crippen LogP contribution in [0, 0.1) is 11.7 Å². The summed E-state index contributed by atoms with van der Waals surface area (Å²) < 4.78 is 0.447. The zero-order valence-electron chi connectivity index (χ0n) is 9.19. The van der Waals surface area contributed by atoms with Gasteiger partial charge in [-0.25, -0.2) is 4.98 Å². The number of aromatic nitrogens is 4.